The number of nitrogens with zero attached hydrogens (tertiary/aromatic N) is 3. The Kier molecular flexibility index (Phi) is 5.43. The van der Waals surface area contributed by atoms with Crippen LogP contribution in [-0.2, 0) is 21.3 Å². The number of carbonyl (C=O) groups is 1. The van der Waals surface area contributed by atoms with Crippen molar-refractivity contribution in [1.82, 2.24) is 14.1 Å². The third-order valence-electron chi connectivity index (χ3n) is 4.50. The van der Waals surface area contributed by atoms with Crippen LogP contribution in [-0.4, -0.2) is 48.7 Å². The van der Waals surface area contributed by atoms with Gasteiger partial charge in [0.25, 0.3) is 10.0 Å². The van der Waals surface area contributed by atoms with E-state index in [0.29, 0.717) is 19.6 Å². The first-order valence-corrected chi connectivity index (χ1v) is 10.1. The number of aryl methyl sites for hydroxylation is 1. The predicted molar refractivity (Wildman–Crippen MR) is 96.5 cm³/mol. The molecule has 0 amide bonds. The number of esters is 1. The quantitative estimate of drug-likeness (QED) is 0.746. The van der Waals surface area contributed by atoms with Gasteiger partial charge in [0.05, 0.1) is 13.7 Å². The van der Waals surface area contributed by atoms with Crippen LogP contribution in [0.1, 0.15) is 40.7 Å². The molecule has 0 spiro atoms. The molecule has 3 rings (SSSR count). The highest BCUT2D eigenvalue weighted by molar-refractivity contribution is 7.89. The highest BCUT2D eigenvalue weighted by Gasteiger charge is 2.33. The Morgan fingerprint density at radius 1 is 1.15 bits per heavy atom. The molecule has 7 nitrogen and oxygen atoms in total. The summed E-state index contributed by atoms with van der Waals surface area (Å²) in [5.41, 5.74) is 2.08. The highest BCUT2D eigenvalue weighted by atomic mass is 32.2. The van der Waals surface area contributed by atoms with Crippen LogP contribution in [0.3, 0.4) is 0 Å². The maximum Gasteiger partial charge on any atom is 0.342 e. The fourth-order valence-electron chi connectivity index (χ4n) is 3.03. The van der Waals surface area contributed by atoms with Gasteiger partial charge in [0.1, 0.15) is 5.56 Å². The van der Waals surface area contributed by atoms with E-state index >= 15 is 0 Å². The normalized spacial score (nSPS) is 15.8. The van der Waals surface area contributed by atoms with Crippen LogP contribution >= 0.6 is 0 Å². The standard InChI is InChI=1S/C18H23N3O4S/c1-14-6-8-15(9-7-14)12-20-13-16(18(22)25-2)17(19-20)26(23,24)21-10-4-3-5-11-21/h6-9,13H,3-5,10-12H2,1-2H3. The first-order chi connectivity index (χ1) is 12.4. The Balaban J connectivity index is 1.96. The summed E-state index contributed by atoms with van der Waals surface area (Å²) in [6.45, 7) is 3.28. The number of sulfonamides is 1. The SMILES string of the molecule is COC(=O)c1cn(Cc2ccc(C)cc2)nc1S(=O)(=O)N1CCCCC1. The van der Waals surface area contributed by atoms with Crippen molar-refractivity contribution in [1.29, 1.82) is 0 Å². The van der Waals surface area contributed by atoms with Gasteiger partial charge in [-0.15, -0.1) is 0 Å². The van der Waals surface area contributed by atoms with Crippen molar-refractivity contribution in [3.8, 4) is 0 Å². The molecule has 1 fully saturated rings. The molecule has 0 N–H and O–H groups in total. The molecule has 8 heteroatoms. The van der Waals surface area contributed by atoms with E-state index in [1.54, 1.807) is 0 Å². The lowest BCUT2D eigenvalue weighted by Gasteiger charge is -2.25. The molecule has 0 radical (unpaired) electrons. The van der Waals surface area contributed by atoms with E-state index in [-0.39, 0.29) is 10.6 Å². The molecule has 0 saturated carbocycles. The van der Waals surface area contributed by atoms with Crippen molar-refractivity contribution < 1.29 is 17.9 Å². The predicted octanol–water partition coefficient (Wildman–Crippen LogP) is 2.20. The molecule has 140 valence electrons. The topological polar surface area (TPSA) is 81.5 Å². The summed E-state index contributed by atoms with van der Waals surface area (Å²) in [6, 6.07) is 7.86. The van der Waals surface area contributed by atoms with Gasteiger partial charge in [-0.1, -0.05) is 36.2 Å². The van der Waals surface area contributed by atoms with E-state index in [4.69, 9.17) is 4.74 Å². The van der Waals surface area contributed by atoms with Crippen molar-refractivity contribution in [3.05, 3.63) is 47.2 Å². The Bertz CT molecular complexity index is 882. The van der Waals surface area contributed by atoms with Crippen molar-refractivity contribution in [2.24, 2.45) is 0 Å². The Labute approximate surface area is 153 Å². The summed E-state index contributed by atoms with van der Waals surface area (Å²) in [5.74, 6) is -0.698. The zero-order chi connectivity index (χ0) is 18.7. The van der Waals surface area contributed by atoms with Gasteiger partial charge in [-0.25, -0.2) is 13.2 Å². The van der Waals surface area contributed by atoms with Gasteiger partial charge >= 0.3 is 5.97 Å². The summed E-state index contributed by atoms with van der Waals surface area (Å²) in [6.07, 6.45) is 4.09. The Hall–Kier alpha value is -2.19. The molecule has 1 saturated heterocycles. The second-order valence-corrected chi connectivity index (χ2v) is 8.34. The molecule has 1 aromatic carbocycles. The van der Waals surface area contributed by atoms with Gasteiger partial charge in [0.2, 0.25) is 5.03 Å². The van der Waals surface area contributed by atoms with Crippen molar-refractivity contribution in [3.63, 3.8) is 0 Å². The number of aromatic nitrogens is 2. The molecular formula is C18H23N3O4S. The zero-order valence-electron chi connectivity index (χ0n) is 15.0. The van der Waals surface area contributed by atoms with Crippen LogP contribution in [0.5, 0.6) is 0 Å². The minimum atomic E-state index is -3.83. The molecule has 2 aromatic rings. The van der Waals surface area contributed by atoms with Gasteiger partial charge in [-0.3, -0.25) is 4.68 Å². The van der Waals surface area contributed by atoms with E-state index in [9.17, 15) is 13.2 Å². The second-order valence-electron chi connectivity index (χ2n) is 6.49. The number of piperidine rings is 1. The third-order valence-corrected chi connectivity index (χ3v) is 6.33. The van der Waals surface area contributed by atoms with Gasteiger partial charge in [-0.2, -0.15) is 9.40 Å². The van der Waals surface area contributed by atoms with Crippen LogP contribution in [0, 0.1) is 6.92 Å². The molecule has 0 bridgehead atoms. The largest absolute Gasteiger partial charge is 0.465 e. The Morgan fingerprint density at radius 3 is 2.42 bits per heavy atom. The monoisotopic (exact) mass is 377 g/mol. The molecule has 1 aliphatic rings. The molecule has 2 heterocycles. The lowest BCUT2D eigenvalue weighted by Crippen LogP contribution is -2.36. The number of carbonyl (C=O) groups excluding carboxylic acids is 1. The zero-order valence-corrected chi connectivity index (χ0v) is 15.8. The average molecular weight is 377 g/mol. The van der Waals surface area contributed by atoms with Crippen LogP contribution < -0.4 is 0 Å². The van der Waals surface area contributed by atoms with Crippen LogP contribution in [0.4, 0.5) is 0 Å². The number of methoxy groups -OCH3 is 1. The molecule has 26 heavy (non-hydrogen) atoms. The number of hydrogen-bond acceptors (Lipinski definition) is 5. The first-order valence-electron chi connectivity index (χ1n) is 8.63. The van der Waals surface area contributed by atoms with E-state index in [1.165, 1.54) is 22.3 Å². The van der Waals surface area contributed by atoms with Gasteiger partial charge in [0, 0.05) is 19.3 Å². The van der Waals surface area contributed by atoms with E-state index in [2.05, 4.69) is 5.10 Å². The summed E-state index contributed by atoms with van der Waals surface area (Å²) in [4.78, 5) is 12.1. The summed E-state index contributed by atoms with van der Waals surface area (Å²) in [7, 11) is -2.59. The molecule has 0 aliphatic carbocycles. The summed E-state index contributed by atoms with van der Waals surface area (Å²) < 4.78 is 33.6. The minimum absolute atomic E-state index is 0.0230. The maximum atomic E-state index is 13.0. The molecule has 0 atom stereocenters. The van der Waals surface area contributed by atoms with E-state index in [1.807, 2.05) is 31.2 Å². The van der Waals surface area contributed by atoms with Crippen molar-refractivity contribution in [2.45, 2.75) is 37.8 Å². The number of hydrogen-bond donors (Lipinski definition) is 0. The maximum absolute atomic E-state index is 13.0. The summed E-state index contributed by atoms with van der Waals surface area (Å²) in [5, 5.41) is 4.01. The number of benzene rings is 1. The lowest BCUT2D eigenvalue weighted by molar-refractivity contribution is 0.0596. The van der Waals surface area contributed by atoms with Gasteiger partial charge in [-0.05, 0) is 25.3 Å². The highest BCUT2D eigenvalue weighted by Crippen LogP contribution is 2.23. The van der Waals surface area contributed by atoms with Gasteiger partial charge < -0.3 is 4.74 Å². The van der Waals surface area contributed by atoms with E-state index < -0.39 is 16.0 Å². The van der Waals surface area contributed by atoms with Crippen LogP contribution in [0.15, 0.2) is 35.5 Å². The Morgan fingerprint density at radius 2 is 1.81 bits per heavy atom. The van der Waals surface area contributed by atoms with Crippen LogP contribution in [0.2, 0.25) is 0 Å². The van der Waals surface area contributed by atoms with Crippen molar-refractivity contribution in [2.75, 3.05) is 20.2 Å². The lowest BCUT2D eigenvalue weighted by atomic mass is 10.1. The number of rotatable bonds is 5. The molecular weight excluding hydrogens is 354 g/mol. The molecule has 1 aromatic heterocycles. The number of ether oxygens (including phenoxy) is 1. The van der Waals surface area contributed by atoms with Crippen LogP contribution in [0.25, 0.3) is 0 Å². The minimum Gasteiger partial charge on any atom is -0.465 e. The fourth-order valence-corrected chi connectivity index (χ4v) is 4.64. The smallest absolute Gasteiger partial charge is 0.342 e. The first kappa shape index (κ1) is 18.6. The van der Waals surface area contributed by atoms with Crippen molar-refractivity contribution >= 4 is 16.0 Å². The molecule has 1 aliphatic heterocycles. The fraction of sp³-hybridized carbons (Fsp3) is 0.444. The molecule has 0 unspecified atom stereocenters. The van der Waals surface area contributed by atoms with Gasteiger partial charge in [0.15, 0.2) is 0 Å². The summed E-state index contributed by atoms with van der Waals surface area (Å²) >= 11 is 0. The van der Waals surface area contributed by atoms with E-state index in [0.717, 1.165) is 30.4 Å². The second kappa shape index (κ2) is 7.59. The average Bonchev–Trinajstić information content (AvgIpc) is 3.08. The third kappa shape index (κ3) is 3.81.